The summed E-state index contributed by atoms with van der Waals surface area (Å²) in [7, 11) is 0. The average Bonchev–Trinajstić information content (AvgIpc) is 2.30. The zero-order chi connectivity index (χ0) is 11.4. The first-order valence-electron chi connectivity index (χ1n) is 5.60. The Morgan fingerprint density at radius 3 is 2.81 bits per heavy atom. The minimum atomic E-state index is -0.200. The molecule has 0 atom stereocenters. The van der Waals surface area contributed by atoms with Gasteiger partial charge in [-0.1, -0.05) is 0 Å². The molecule has 16 heavy (non-hydrogen) atoms. The third-order valence-electron chi connectivity index (χ3n) is 2.99. The van der Waals surface area contributed by atoms with Crippen molar-refractivity contribution < 1.29 is 9.84 Å². The van der Waals surface area contributed by atoms with Gasteiger partial charge in [0.2, 0.25) is 5.88 Å². The quantitative estimate of drug-likeness (QED) is 0.792. The molecule has 0 spiro atoms. The molecule has 1 aliphatic rings. The van der Waals surface area contributed by atoms with Crippen LogP contribution in [0.2, 0.25) is 0 Å². The van der Waals surface area contributed by atoms with Gasteiger partial charge in [-0.15, -0.1) is 0 Å². The van der Waals surface area contributed by atoms with Crippen LogP contribution in [0.1, 0.15) is 25.7 Å². The number of aliphatic hydroxyl groups excluding tert-OH is 1. The topological polar surface area (TPSA) is 75.2 Å². The second-order valence-corrected chi connectivity index (χ2v) is 4.19. The van der Waals surface area contributed by atoms with E-state index in [1.165, 1.54) is 12.4 Å². The number of nitrogens with one attached hydrogen (secondary N) is 1. The van der Waals surface area contributed by atoms with Crippen LogP contribution in [-0.2, 0) is 0 Å². The number of hydrogen-bond acceptors (Lipinski definition) is 4. The molecule has 1 fully saturated rings. The van der Waals surface area contributed by atoms with Crippen LogP contribution in [0.15, 0.2) is 17.2 Å². The zero-order valence-corrected chi connectivity index (χ0v) is 9.06. The average molecular weight is 224 g/mol. The maximum Gasteiger partial charge on any atom is 0.254 e. The van der Waals surface area contributed by atoms with Crippen LogP contribution in [0, 0.1) is 5.92 Å². The van der Waals surface area contributed by atoms with Gasteiger partial charge in [0.15, 0.2) is 0 Å². The van der Waals surface area contributed by atoms with Crippen LogP contribution in [0.25, 0.3) is 0 Å². The van der Waals surface area contributed by atoms with Gasteiger partial charge in [0.1, 0.15) is 6.10 Å². The lowest BCUT2D eigenvalue weighted by atomic mass is 9.88. The molecule has 1 aromatic rings. The number of aliphatic hydroxyl groups is 1. The molecule has 0 amide bonds. The predicted octanol–water partition coefficient (Wildman–Crippen LogP) is 0.700. The Kier molecular flexibility index (Phi) is 3.56. The smallest absolute Gasteiger partial charge is 0.254 e. The van der Waals surface area contributed by atoms with E-state index in [1.807, 2.05) is 0 Å². The predicted molar refractivity (Wildman–Crippen MR) is 58.3 cm³/mol. The lowest BCUT2D eigenvalue weighted by Crippen LogP contribution is -2.26. The Bertz CT molecular complexity index is 383. The number of ether oxygens (including phenoxy) is 1. The van der Waals surface area contributed by atoms with Crippen LogP contribution >= 0.6 is 0 Å². The van der Waals surface area contributed by atoms with Crippen molar-refractivity contribution in [3.8, 4) is 5.88 Å². The fourth-order valence-corrected chi connectivity index (χ4v) is 2.02. The highest BCUT2D eigenvalue weighted by Crippen LogP contribution is 2.26. The van der Waals surface area contributed by atoms with Crippen molar-refractivity contribution in [2.45, 2.75) is 31.8 Å². The van der Waals surface area contributed by atoms with E-state index in [-0.39, 0.29) is 18.3 Å². The molecule has 0 unspecified atom stereocenters. The summed E-state index contributed by atoms with van der Waals surface area (Å²) >= 11 is 0. The van der Waals surface area contributed by atoms with Gasteiger partial charge >= 0.3 is 0 Å². The van der Waals surface area contributed by atoms with E-state index < -0.39 is 0 Å². The zero-order valence-electron chi connectivity index (χ0n) is 9.06. The summed E-state index contributed by atoms with van der Waals surface area (Å²) in [6, 6.07) is 1.36. The highest BCUT2D eigenvalue weighted by atomic mass is 16.5. The van der Waals surface area contributed by atoms with Gasteiger partial charge in [0.25, 0.3) is 5.56 Å². The third kappa shape index (κ3) is 2.82. The molecule has 1 aromatic heterocycles. The number of aromatic nitrogens is 2. The van der Waals surface area contributed by atoms with E-state index >= 15 is 0 Å². The molecule has 0 aliphatic heterocycles. The van der Waals surface area contributed by atoms with Crippen LogP contribution in [0.3, 0.4) is 0 Å². The molecular weight excluding hydrogens is 208 g/mol. The van der Waals surface area contributed by atoms with Gasteiger partial charge in [0, 0.05) is 6.61 Å². The molecule has 1 saturated carbocycles. The molecule has 0 bridgehead atoms. The molecule has 0 aromatic carbocycles. The van der Waals surface area contributed by atoms with E-state index in [0.717, 1.165) is 25.7 Å². The van der Waals surface area contributed by atoms with Crippen LogP contribution in [-0.4, -0.2) is 27.8 Å². The maximum atomic E-state index is 11.0. The summed E-state index contributed by atoms with van der Waals surface area (Å²) in [5.41, 5.74) is -0.200. The van der Waals surface area contributed by atoms with Gasteiger partial charge in [-0.25, -0.2) is 4.98 Å². The van der Waals surface area contributed by atoms with Crippen molar-refractivity contribution in [1.82, 2.24) is 9.97 Å². The van der Waals surface area contributed by atoms with Crippen LogP contribution in [0.5, 0.6) is 5.88 Å². The SMILES string of the molecule is O=c1cc(OC2CCC(CO)CC2)nc[nH]1. The highest BCUT2D eigenvalue weighted by molar-refractivity contribution is 5.05. The van der Waals surface area contributed by atoms with E-state index in [1.54, 1.807) is 0 Å². The largest absolute Gasteiger partial charge is 0.474 e. The Labute approximate surface area is 93.5 Å². The van der Waals surface area contributed by atoms with Crippen LogP contribution < -0.4 is 10.3 Å². The van der Waals surface area contributed by atoms with Crippen molar-refractivity contribution in [2.24, 2.45) is 5.92 Å². The normalized spacial score (nSPS) is 25.3. The molecule has 2 N–H and O–H groups in total. The molecule has 1 heterocycles. The Morgan fingerprint density at radius 1 is 1.44 bits per heavy atom. The van der Waals surface area contributed by atoms with E-state index in [4.69, 9.17) is 9.84 Å². The first kappa shape index (κ1) is 11.1. The van der Waals surface area contributed by atoms with Crippen molar-refractivity contribution in [1.29, 1.82) is 0 Å². The van der Waals surface area contributed by atoms with Gasteiger partial charge < -0.3 is 14.8 Å². The third-order valence-corrected chi connectivity index (χ3v) is 2.99. The minimum Gasteiger partial charge on any atom is -0.474 e. The summed E-state index contributed by atoms with van der Waals surface area (Å²) in [5.74, 6) is 0.795. The molecule has 2 rings (SSSR count). The fourth-order valence-electron chi connectivity index (χ4n) is 2.02. The lowest BCUT2D eigenvalue weighted by Gasteiger charge is -2.27. The standard InChI is InChI=1S/C11H16N2O3/c14-6-8-1-3-9(4-2-8)16-11-5-10(15)12-7-13-11/h5,7-9,14H,1-4,6H2,(H,12,13,15). The number of nitrogens with zero attached hydrogens (tertiary/aromatic N) is 1. The summed E-state index contributed by atoms with van der Waals surface area (Å²) in [5, 5.41) is 9.00. The monoisotopic (exact) mass is 224 g/mol. The Morgan fingerprint density at radius 2 is 2.19 bits per heavy atom. The highest BCUT2D eigenvalue weighted by Gasteiger charge is 2.22. The molecule has 5 nitrogen and oxygen atoms in total. The molecule has 5 heteroatoms. The number of H-pyrrole nitrogens is 1. The first-order valence-corrected chi connectivity index (χ1v) is 5.60. The van der Waals surface area contributed by atoms with Gasteiger partial charge in [0.05, 0.1) is 12.4 Å². The number of hydrogen-bond donors (Lipinski definition) is 2. The van der Waals surface area contributed by atoms with Crippen molar-refractivity contribution in [3.05, 3.63) is 22.7 Å². The molecule has 1 aliphatic carbocycles. The van der Waals surface area contributed by atoms with Crippen molar-refractivity contribution in [3.63, 3.8) is 0 Å². The Hall–Kier alpha value is -1.36. The van der Waals surface area contributed by atoms with Gasteiger partial charge in [-0.2, -0.15) is 0 Å². The molecular formula is C11H16N2O3. The molecule has 88 valence electrons. The second-order valence-electron chi connectivity index (χ2n) is 4.19. The minimum absolute atomic E-state index is 0.122. The Balaban J connectivity index is 1.89. The molecule has 0 saturated heterocycles. The summed E-state index contributed by atoms with van der Waals surface area (Å²) in [6.45, 7) is 0.260. The fraction of sp³-hybridized carbons (Fsp3) is 0.636. The first-order chi connectivity index (χ1) is 7.78. The summed E-state index contributed by atoms with van der Waals surface area (Å²) in [6.07, 6.45) is 5.25. The summed E-state index contributed by atoms with van der Waals surface area (Å²) in [4.78, 5) is 17.4. The van der Waals surface area contributed by atoms with E-state index in [2.05, 4.69) is 9.97 Å². The lowest BCUT2D eigenvalue weighted by molar-refractivity contribution is 0.100. The summed E-state index contributed by atoms with van der Waals surface area (Å²) < 4.78 is 5.62. The maximum absolute atomic E-state index is 11.0. The van der Waals surface area contributed by atoms with Crippen LogP contribution in [0.4, 0.5) is 0 Å². The van der Waals surface area contributed by atoms with Crippen molar-refractivity contribution >= 4 is 0 Å². The number of rotatable bonds is 3. The van der Waals surface area contributed by atoms with E-state index in [0.29, 0.717) is 11.8 Å². The van der Waals surface area contributed by atoms with E-state index in [9.17, 15) is 4.79 Å². The molecule has 0 radical (unpaired) electrons. The van der Waals surface area contributed by atoms with Gasteiger partial charge in [-0.3, -0.25) is 4.79 Å². The number of aromatic amines is 1. The van der Waals surface area contributed by atoms with Gasteiger partial charge in [-0.05, 0) is 31.6 Å². The van der Waals surface area contributed by atoms with Crippen molar-refractivity contribution in [2.75, 3.05) is 6.61 Å². The second kappa shape index (κ2) is 5.12.